The lowest BCUT2D eigenvalue weighted by atomic mass is 9.77. The molecule has 4 heteroatoms. The molecule has 4 nitrogen and oxygen atoms in total. The van der Waals surface area contributed by atoms with Gasteiger partial charge in [-0.3, -0.25) is 0 Å². The molecule has 0 spiro atoms. The van der Waals surface area contributed by atoms with E-state index in [9.17, 15) is 0 Å². The Hall–Kier alpha value is -1.26. The summed E-state index contributed by atoms with van der Waals surface area (Å²) in [4.78, 5) is 0. The van der Waals surface area contributed by atoms with Crippen LogP contribution < -0.4 is 15.2 Å². The van der Waals surface area contributed by atoms with Crippen molar-refractivity contribution in [1.29, 1.82) is 0 Å². The molecular formula is C16H25NO3. The minimum atomic E-state index is 0.0439. The number of rotatable bonds is 7. The van der Waals surface area contributed by atoms with Crippen LogP contribution in [0.1, 0.15) is 37.8 Å². The van der Waals surface area contributed by atoms with Crippen molar-refractivity contribution in [3.63, 3.8) is 0 Å². The Bertz CT molecular complexity index is 430. The van der Waals surface area contributed by atoms with Crippen LogP contribution in [-0.4, -0.2) is 26.9 Å². The monoisotopic (exact) mass is 279 g/mol. The molecule has 2 rings (SSSR count). The van der Waals surface area contributed by atoms with Gasteiger partial charge < -0.3 is 19.9 Å². The Labute approximate surface area is 121 Å². The summed E-state index contributed by atoms with van der Waals surface area (Å²) >= 11 is 0. The summed E-state index contributed by atoms with van der Waals surface area (Å²) in [5, 5.41) is 0. The number of hydrogen-bond donors (Lipinski definition) is 1. The maximum Gasteiger partial charge on any atom is 0.161 e. The first-order valence-corrected chi connectivity index (χ1v) is 7.27. The summed E-state index contributed by atoms with van der Waals surface area (Å²) in [5.74, 6) is 2.15. The van der Waals surface area contributed by atoms with E-state index in [0.29, 0.717) is 12.0 Å². The third-order valence-electron chi connectivity index (χ3n) is 4.02. The van der Waals surface area contributed by atoms with Crippen LogP contribution in [0.2, 0.25) is 0 Å². The van der Waals surface area contributed by atoms with Crippen LogP contribution in [0.4, 0.5) is 0 Å². The van der Waals surface area contributed by atoms with Gasteiger partial charge in [-0.15, -0.1) is 0 Å². The van der Waals surface area contributed by atoms with E-state index in [0.717, 1.165) is 42.9 Å². The fourth-order valence-corrected chi connectivity index (χ4v) is 2.82. The molecule has 0 aromatic heterocycles. The molecule has 2 N–H and O–H groups in total. The predicted molar refractivity (Wildman–Crippen MR) is 79.2 cm³/mol. The lowest BCUT2D eigenvalue weighted by molar-refractivity contribution is -0.0282. The van der Waals surface area contributed by atoms with Gasteiger partial charge in [-0.1, -0.05) is 6.07 Å². The maximum atomic E-state index is 6.30. The average Bonchev–Trinajstić information content (AvgIpc) is 2.44. The van der Waals surface area contributed by atoms with Crippen molar-refractivity contribution < 1.29 is 14.2 Å². The highest BCUT2D eigenvalue weighted by Crippen LogP contribution is 2.37. The molecule has 1 atom stereocenters. The van der Waals surface area contributed by atoms with Crippen LogP contribution in [0.3, 0.4) is 0 Å². The SMILES string of the molecule is CCOC1CC(CC(N)c2ccc(OC)c(OC)c2)C1. The first-order chi connectivity index (χ1) is 9.67. The fourth-order valence-electron chi connectivity index (χ4n) is 2.82. The number of hydrogen-bond acceptors (Lipinski definition) is 4. The first kappa shape index (κ1) is 15.1. The molecule has 0 bridgehead atoms. The van der Waals surface area contributed by atoms with E-state index in [2.05, 4.69) is 0 Å². The van der Waals surface area contributed by atoms with Gasteiger partial charge in [0.15, 0.2) is 11.5 Å². The van der Waals surface area contributed by atoms with Crippen molar-refractivity contribution in [3.05, 3.63) is 23.8 Å². The van der Waals surface area contributed by atoms with Gasteiger partial charge in [-0.2, -0.15) is 0 Å². The van der Waals surface area contributed by atoms with E-state index in [1.807, 2.05) is 25.1 Å². The predicted octanol–water partition coefficient (Wildman–Crippen LogP) is 2.91. The third kappa shape index (κ3) is 3.44. The maximum absolute atomic E-state index is 6.30. The molecule has 0 heterocycles. The fraction of sp³-hybridized carbons (Fsp3) is 0.625. The number of benzene rings is 1. The Morgan fingerprint density at radius 2 is 1.90 bits per heavy atom. The van der Waals surface area contributed by atoms with Crippen LogP contribution >= 0.6 is 0 Å². The Morgan fingerprint density at radius 1 is 1.20 bits per heavy atom. The molecule has 20 heavy (non-hydrogen) atoms. The van der Waals surface area contributed by atoms with Crippen molar-refractivity contribution in [2.75, 3.05) is 20.8 Å². The summed E-state index contributed by atoms with van der Waals surface area (Å²) in [6.07, 6.45) is 3.71. The number of nitrogens with two attached hydrogens (primary N) is 1. The van der Waals surface area contributed by atoms with E-state index in [1.54, 1.807) is 14.2 Å². The molecule has 0 amide bonds. The molecule has 1 aliphatic rings. The zero-order chi connectivity index (χ0) is 14.5. The molecule has 0 saturated heterocycles. The van der Waals surface area contributed by atoms with Gasteiger partial charge in [0.05, 0.1) is 20.3 Å². The van der Waals surface area contributed by atoms with E-state index in [4.69, 9.17) is 19.9 Å². The lowest BCUT2D eigenvalue weighted by Gasteiger charge is -2.36. The summed E-state index contributed by atoms with van der Waals surface area (Å²) in [7, 11) is 3.28. The molecule has 112 valence electrons. The summed E-state index contributed by atoms with van der Waals surface area (Å²) in [5.41, 5.74) is 7.40. The van der Waals surface area contributed by atoms with Gasteiger partial charge in [-0.25, -0.2) is 0 Å². The van der Waals surface area contributed by atoms with Crippen molar-refractivity contribution in [2.24, 2.45) is 11.7 Å². The number of methoxy groups -OCH3 is 2. The smallest absolute Gasteiger partial charge is 0.161 e. The lowest BCUT2D eigenvalue weighted by Crippen LogP contribution is -2.33. The quantitative estimate of drug-likeness (QED) is 0.834. The second-order valence-electron chi connectivity index (χ2n) is 5.37. The molecular weight excluding hydrogens is 254 g/mol. The van der Waals surface area contributed by atoms with E-state index in [-0.39, 0.29) is 6.04 Å². The van der Waals surface area contributed by atoms with Crippen LogP contribution in [-0.2, 0) is 4.74 Å². The van der Waals surface area contributed by atoms with Gasteiger partial charge in [0, 0.05) is 12.6 Å². The standard InChI is InChI=1S/C16H25NO3/c1-4-20-13-7-11(8-13)9-14(17)12-5-6-15(18-2)16(10-12)19-3/h5-6,10-11,13-14H,4,7-9,17H2,1-3H3. The van der Waals surface area contributed by atoms with E-state index < -0.39 is 0 Å². The minimum Gasteiger partial charge on any atom is -0.493 e. The van der Waals surface area contributed by atoms with Gasteiger partial charge in [0.25, 0.3) is 0 Å². The largest absolute Gasteiger partial charge is 0.493 e. The summed E-state index contributed by atoms with van der Waals surface area (Å²) in [6, 6.07) is 5.95. The van der Waals surface area contributed by atoms with Crippen molar-refractivity contribution in [1.82, 2.24) is 0 Å². The van der Waals surface area contributed by atoms with Gasteiger partial charge in [-0.05, 0) is 49.8 Å². The van der Waals surface area contributed by atoms with Crippen LogP contribution in [0, 0.1) is 5.92 Å². The highest BCUT2D eigenvalue weighted by Gasteiger charge is 2.31. The average molecular weight is 279 g/mol. The molecule has 1 unspecified atom stereocenters. The van der Waals surface area contributed by atoms with Crippen molar-refractivity contribution >= 4 is 0 Å². The van der Waals surface area contributed by atoms with Gasteiger partial charge in [0.2, 0.25) is 0 Å². The molecule has 1 fully saturated rings. The van der Waals surface area contributed by atoms with Crippen LogP contribution in [0.25, 0.3) is 0 Å². The number of ether oxygens (including phenoxy) is 3. The Morgan fingerprint density at radius 3 is 2.50 bits per heavy atom. The second-order valence-corrected chi connectivity index (χ2v) is 5.37. The molecule has 0 radical (unpaired) electrons. The molecule has 1 aromatic rings. The van der Waals surface area contributed by atoms with Gasteiger partial charge in [0.1, 0.15) is 0 Å². The third-order valence-corrected chi connectivity index (χ3v) is 4.02. The first-order valence-electron chi connectivity index (χ1n) is 7.27. The van der Waals surface area contributed by atoms with Crippen molar-refractivity contribution in [2.45, 2.75) is 38.3 Å². The zero-order valence-electron chi connectivity index (χ0n) is 12.6. The van der Waals surface area contributed by atoms with Crippen LogP contribution in [0.15, 0.2) is 18.2 Å². The summed E-state index contributed by atoms with van der Waals surface area (Å²) < 4.78 is 16.1. The Kier molecular flexibility index (Phi) is 5.26. The van der Waals surface area contributed by atoms with Crippen molar-refractivity contribution in [3.8, 4) is 11.5 Å². The zero-order valence-corrected chi connectivity index (χ0v) is 12.6. The van der Waals surface area contributed by atoms with E-state index in [1.165, 1.54) is 0 Å². The van der Waals surface area contributed by atoms with Gasteiger partial charge >= 0.3 is 0 Å². The van der Waals surface area contributed by atoms with E-state index >= 15 is 0 Å². The van der Waals surface area contributed by atoms with Crippen LogP contribution in [0.5, 0.6) is 11.5 Å². The minimum absolute atomic E-state index is 0.0439. The molecule has 1 saturated carbocycles. The topological polar surface area (TPSA) is 53.7 Å². The highest BCUT2D eigenvalue weighted by atomic mass is 16.5. The summed E-state index contributed by atoms with van der Waals surface area (Å²) in [6.45, 7) is 2.85. The normalized spacial score (nSPS) is 23.0. The Balaban J connectivity index is 1.91. The molecule has 0 aliphatic heterocycles. The molecule has 1 aliphatic carbocycles. The second kappa shape index (κ2) is 6.95. The molecule has 1 aromatic carbocycles. The highest BCUT2D eigenvalue weighted by molar-refractivity contribution is 5.43.